The van der Waals surface area contributed by atoms with Gasteiger partial charge in [-0.2, -0.15) is 0 Å². The van der Waals surface area contributed by atoms with Crippen molar-refractivity contribution >= 4 is 17.6 Å². The summed E-state index contributed by atoms with van der Waals surface area (Å²) in [6.07, 6.45) is 0.804. The van der Waals surface area contributed by atoms with Crippen molar-refractivity contribution in [1.82, 2.24) is 0 Å². The molecule has 5 nitrogen and oxygen atoms in total. The first-order valence-corrected chi connectivity index (χ1v) is 7.75. The standard InChI is InChI=1S/C19H21NO4/c1-4-14-9-7-8-13(2)18(14)20-17(21)12-24-19(22)15-10-5-6-11-16(15)23-3/h5-11H,4,12H2,1-3H3,(H,20,21). The van der Waals surface area contributed by atoms with E-state index in [0.29, 0.717) is 5.75 Å². The predicted molar refractivity (Wildman–Crippen MR) is 92.5 cm³/mol. The van der Waals surface area contributed by atoms with Gasteiger partial charge in [-0.1, -0.05) is 37.3 Å². The summed E-state index contributed by atoms with van der Waals surface area (Å²) < 4.78 is 10.2. The Hall–Kier alpha value is -2.82. The summed E-state index contributed by atoms with van der Waals surface area (Å²) >= 11 is 0. The van der Waals surface area contributed by atoms with Crippen LogP contribution in [0.5, 0.6) is 5.75 Å². The number of amides is 1. The lowest BCUT2D eigenvalue weighted by Crippen LogP contribution is -2.22. The number of carbonyl (C=O) groups excluding carboxylic acids is 2. The highest BCUT2D eigenvalue weighted by atomic mass is 16.5. The molecule has 0 radical (unpaired) electrons. The van der Waals surface area contributed by atoms with Crippen molar-refractivity contribution in [1.29, 1.82) is 0 Å². The number of hydrogen-bond acceptors (Lipinski definition) is 4. The highest BCUT2D eigenvalue weighted by molar-refractivity contribution is 5.97. The average Bonchev–Trinajstić information content (AvgIpc) is 2.61. The fourth-order valence-corrected chi connectivity index (χ4v) is 2.40. The summed E-state index contributed by atoms with van der Waals surface area (Å²) in [5.74, 6) is -0.555. The average molecular weight is 327 g/mol. The number of hydrogen-bond donors (Lipinski definition) is 1. The van der Waals surface area contributed by atoms with Crippen molar-refractivity contribution in [2.75, 3.05) is 19.0 Å². The number of benzene rings is 2. The molecule has 2 rings (SSSR count). The van der Waals surface area contributed by atoms with Crippen molar-refractivity contribution in [3.8, 4) is 5.75 Å². The summed E-state index contributed by atoms with van der Waals surface area (Å²) in [7, 11) is 1.48. The molecule has 126 valence electrons. The first-order chi connectivity index (χ1) is 11.6. The second-order valence-corrected chi connectivity index (χ2v) is 5.29. The first-order valence-electron chi connectivity index (χ1n) is 7.75. The van der Waals surface area contributed by atoms with E-state index in [2.05, 4.69) is 5.32 Å². The van der Waals surface area contributed by atoms with Gasteiger partial charge in [0.15, 0.2) is 6.61 Å². The highest BCUT2D eigenvalue weighted by Gasteiger charge is 2.15. The van der Waals surface area contributed by atoms with Crippen LogP contribution in [0.25, 0.3) is 0 Å². The Morgan fingerprint density at radius 3 is 2.54 bits per heavy atom. The van der Waals surface area contributed by atoms with Crippen molar-refractivity contribution < 1.29 is 19.1 Å². The van der Waals surface area contributed by atoms with Crippen LogP contribution in [0.2, 0.25) is 0 Å². The van der Waals surface area contributed by atoms with E-state index in [0.717, 1.165) is 23.2 Å². The van der Waals surface area contributed by atoms with Crippen LogP contribution in [0.3, 0.4) is 0 Å². The molecule has 0 atom stereocenters. The summed E-state index contributed by atoms with van der Waals surface area (Å²) in [4.78, 5) is 24.2. The maximum Gasteiger partial charge on any atom is 0.342 e. The summed E-state index contributed by atoms with van der Waals surface area (Å²) in [6.45, 7) is 3.59. The van der Waals surface area contributed by atoms with E-state index in [1.54, 1.807) is 24.3 Å². The van der Waals surface area contributed by atoms with Crippen LogP contribution in [0.15, 0.2) is 42.5 Å². The van der Waals surface area contributed by atoms with E-state index in [4.69, 9.17) is 9.47 Å². The smallest absolute Gasteiger partial charge is 0.342 e. The second-order valence-electron chi connectivity index (χ2n) is 5.29. The number of carbonyl (C=O) groups is 2. The number of anilines is 1. The lowest BCUT2D eigenvalue weighted by Gasteiger charge is -2.13. The third-order valence-corrected chi connectivity index (χ3v) is 3.67. The summed E-state index contributed by atoms with van der Waals surface area (Å²) in [5, 5.41) is 2.82. The molecule has 0 saturated carbocycles. The van der Waals surface area contributed by atoms with Crippen LogP contribution in [0.1, 0.15) is 28.4 Å². The predicted octanol–water partition coefficient (Wildman–Crippen LogP) is 3.36. The summed E-state index contributed by atoms with van der Waals surface area (Å²) in [5.41, 5.74) is 3.08. The van der Waals surface area contributed by atoms with Gasteiger partial charge in [0.1, 0.15) is 11.3 Å². The number of esters is 1. The van der Waals surface area contributed by atoms with E-state index >= 15 is 0 Å². The van der Waals surface area contributed by atoms with Gasteiger partial charge in [-0.05, 0) is 36.6 Å². The lowest BCUT2D eigenvalue weighted by molar-refractivity contribution is -0.119. The molecule has 0 aliphatic rings. The van der Waals surface area contributed by atoms with E-state index in [1.165, 1.54) is 7.11 Å². The van der Waals surface area contributed by atoms with Crippen LogP contribution in [0.4, 0.5) is 5.69 Å². The largest absolute Gasteiger partial charge is 0.496 e. The Kier molecular flexibility index (Phi) is 5.95. The zero-order valence-corrected chi connectivity index (χ0v) is 14.1. The number of ether oxygens (including phenoxy) is 2. The van der Waals surface area contributed by atoms with E-state index in [1.807, 2.05) is 32.0 Å². The zero-order chi connectivity index (χ0) is 17.5. The van der Waals surface area contributed by atoms with Crippen molar-refractivity contribution in [3.63, 3.8) is 0 Å². The van der Waals surface area contributed by atoms with Gasteiger partial charge >= 0.3 is 5.97 Å². The minimum Gasteiger partial charge on any atom is -0.496 e. The third-order valence-electron chi connectivity index (χ3n) is 3.67. The van der Waals surface area contributed by atoms with Gasteiger partial charge in [-0.15, -0.1) is 0 Å². The molecule has 1 amide bonds. The first kappa shape index (κ1) is 17.5. The van der Waals surface area contributed by atoms with Crippen LogP contribution in [-0.2, 0) is 16.0 Å². The normalized spacial score (nSPS) is 10.1. The fourth-order valence-electron chi connectivity index (χ4n) is 2.40. The van der Waals surface area contributed by atoms with Gasteiger partial charge in [0.05, 0.1) is 7.11 Å². The number of rotatable bonds is 6. The van der Waals surface area contributed by atoms with Crippen molar-refractivity contribution in [2.24, 2.45) is 0 Å². The number of methoxy groups -OCH3 is 1. The molecule has 0 bridgehead atoms. The number of para-hydroxylation sites is 2. The Bertz CT molecular complexity index is 740. The molecule has 0 spiro atoms. The molecule has 5 heteroatoms. The molecule has 0 aliphatic carbocycles. The highest BCUT2D eigenvalue weighted by Crippen LogP contribution is 2.21. The Morgan fingerprint density at radius 2 is 1.83 bits per heavy atom. The monoisotopic (exact) mass is 327 g/mol. The number of nitrogens with one attached hydrogen (secondary N) is 1. The van der Waals surface area contributed by atoms with E-state index in [-0.39, 0.29) is 18.1 Å². The molecule has 0 unspecified atom stereocenters. The molecule has 0 heterocycles. The Balaban J connectivity index is 2.00. The van der Waals surface area contributed by atoms with Gasteiger partial charge in [0.25, 0.3) is 5.91 Å². The minimum atomic E-state index is -0.594. The van der Waals surface area contributed by atoms with Crippen LogP contribution in [0, 0.1) is 6.92 Å². The van der Waals surface area contributed by atoms with E-state index < -0.39 is 5.97 Å². The zero-order valence-electron chi connectivity index (χ0n) is 14.1. The molecular weight excluding hydrogens is 306 g/mol. The van der Waals surface area contributed by atoms with Gasteiger partial charge in [0.2, 0.25) is 0 Å². The van der Waals surface area contributed by atoms with Crippen LogP contribution >= 0.6 is 0 Å². The molecule has 0 aliphatic heterocycles. The molecular formula is C19H21NO4. The quantitative estimate of drug-likeness (QED) is 0.826. The summed E-state index contributed by atoms with van der Waals surface area (Å²) in [6, 6.07) is 12.6. The fraction of sp³-hybridized carbons (Fsp3) is 0.263. The minimum absolute atomic E-state index is 0.290. The van der Waals surface area contributed by atoms with Crippen molar-refractivity contribution in [3.05, 3.63) is 59.2 Å². The van der Waals surface area contributed by atoms with Crippen molar-refractivity contribution in [2.45, 2.75) is 20.3 Å². The molecule has 2 aromatic carbocycles. The second kappa shape index (κ2) is 8.15. The van der Waals surface area contributed by atoms with Gasteiger partial charge < -0.3 is 14.8 Å². The molecule has 0 saturated heterocycles. The van der Waals surface area contributed by atoms with Gasteiger partial charge in [-0.3, -0.25) is 4.79 Å². The maximum absolute atomic E-state index is 12.1. The molecule has 0 aromatic heterocycles. The maximum atomic E-state index is 12.1. The third kappa shape index (κ3) is 4.13. The molecule has 2 aromatic rings. The van der Waals surface area contributed by atoms with E-state index in [9.17, 15) is 9.59 Å². The van der Waals surface area contributed by atoms with Crippen LogP contribution < -0.4 is 10.1 Å². The molecule has 0 fully saturated rings. The lowest BCUT2D eigenvalue weighted by atomic mass is 10.1. The molecule has 24 heavy (non-hydrogen) atoms. The Morgan fingerprint density at radius 1 is 1.08 bits per heavy atom. The van der Waals surface area contributed by atoms with Gasteiger partial charge in [0, 0.05) is 5.69 Å². The number of aryl methyl sites for hydroxylation is 2. The Labute approximate surface area is 141 Å². The SMILES string of the molecule is CCc1cccc(C)c1NC(=O)COC(=O)c1ccccc1OC. The molecule has 1 N–H and O–H groups in total. The van der Waals surface area contributed by atoms with Crippen LogP contribution in [-0.4, -0.2) is 25.6 Å². The van der Waals surface area contributed by atoms with Gasteiger partial charge in [-0.25, -0.2) is 4.79 Å². The topological polar surface area (TPSA) is 64.6 Å².